The average molecular weight is 318 g/mol. The topological polar surface area (TPSA) is 44.7 Å². The van der Waals surface area contributed by atoms with E-state index in [9.17, 15) is 18.3 Å². The molecule has 1 saturated heterocycles. The second-order valence-electron chi connectivity index (χ2n) is 5.55. The van der Waals surface area contributed by atoms with Crippen molar-refractivity contribution in [1.82, 2.24) is 10.2 Å². The fourth-order valence-electron chi connectivity index (χ4n) is 2.38. The first-order valence-electron chi connectivity index (χ1n) is 7.22. The Morgan fingerprint density at radius 1 is 1.36 bits per heavy atom. The monoisotopic (exact) mass is 318 g/mol. The molecule has 0 radical (unpaired) electrons. The van der Waals surface area contributed by atoms with Crippen molar-refractivity contribution in [1.29, 1.82) is 0 Å². The third-order valence-electron chi connectivity index (χ3n) is 3.67. The van der Waals surface area contributed by atoms with Crippen LogP contribution in [0.3, 0.4) is 0 Å². The molecular formula is C15H21F3N2O2. The van der Waals surface area contributed by atoms with Crippen LogP contribution in [0.5, 0.6) is 0 Å². The van der Waals surface area contributed by atoms with E-state index >= 15 is 0 Å². The molecule has 2 N–H and O–H groups in total. The fourth-order valence-corrected chi connectivity index (χ4v) is 2.38. The van der Waals surface area contributed by atoms with Gasteiger partial charge in [0, 0.05) is 26.2 Å². The van der Waals surface area contributed by atoms with Gasteiger partial charge in [0.25, 0.3) is 0 Å². The van der Waals surface area contributed by atoms with Crippen LogP contribution in [0, 0.1) is 0 Å². The number of halogens is 3. The second kappa shape index (κ2) is 7.41. The molecule has 1 aromatic carbocycles. The quantitative estimate of drug-likeness (QED) is 0.867. The Kier molecular flexibility index (Phi) is 5.80. The van der Waals surface area contributed by atoms with E-state index in [1.807, 2.05) is 7.05 Å². The molecule has 0 aliphatic carbocycles. The normalized spacial score (nSPS) is 21.8. The molecule has 124 valence electrons. The highest BCUT2D eigenvalue weighted by Crippen LogP contribution is 2.29. The van der Waals surface area contributed by atoms with E-state index in [2.05, 4.69) is 10.2 Å². The van der Waals surface area contributed by atoms with E-state index in [-0.39, 0.29) is 12.6 Å². The summed E-state index contributed by atoms with van der Waals surface area (Å²) in [4.78, 5) is 2.17. The molecule has 0 aromatic heterocycles. The number of alkyl halides is 3. The van der Waals surface area contributed by atoms with Crippen molar-refractivity contribution in [3.63, 3.8) is 0 Å². The number of ether oxygens (including phenoxy) is 1. The highest BCUT2D eigenvalue weighted by Gasteiger charge is 2.30. The number of nitrogens with one attached hydrogen (secondary N) is 1. The third-order valence-corrected chi connectivity index (χ3v) is 3.67. The first-order valence-corrected chi connectivity index (χ1v) is 7.22. The zero-order valence-corrected chi connectivity index (χ0v) is 12.4. The van der Waals surface area contributed by atoms with E-state index in [1.165, 1.54) is 12.1 Å². The van der Waals surface area contributed by atoms with Crippen LogP contribution in [-0.2, 0) is 10.9 Å². The molecular weight excluding hydrogens is 297 g/mol. The van der Waals surface area contributed by atoms with Crippen LogP contribution in [0.15, 0.2) is 24.3 Å². The molecule has 2 rings (SSSR count). The summed E-state index contributed by atoms with van der Waals surface area (Å²) in [5.41, 5.74) is -0.253. The van der Waals surface area contributed by atoms with Crippen LogP contribution in [0.4, 0.5) is 13.2 Å². The maximum absolute atomic E-state index is 12.5. The lowest BCUT2D eigenvalue weighted by Crippen LogP contribution is -2.45. The van der Waals surface area contributed by atoms with Crippen LogP contribution in [0.2, 0.25) is 0 Å². The first kappa shape index (κ1) is 17.2. The van der Waals surface area contributed by atoms with E-state index in [1.54, 1.807) is 0 Å². The van der Waals surface area contributed by atoms with Gasteiger partial charge in [-0.25, -0.2) is 0 Å². The van der Waals surface area contributed by atoms with E-state index in [0.29, 0.717) is 18.7 Å². The number of hydrogen-bond donors (Lipinski definition) is 2. The number of nitrogens with zero attached hydrogens (tertiary/aromatic N) is 1. The summed E-state index contributed by atoms with van der Waals surface area (Å²) in [5, 5.41) is 13.1. The van der Waals surface area contributed by atoms with Crippen molar-refractivity contribution in [2.75, 3.05) is 39.8 Å². The van der Waals surface area contributed by atoms with Gasteiger partial charge in [0.05, 0.1) is 24.4 Å². The zero-order valence-electron chi connectivity index (χ0n) is 12.4. The Hall–Kier alpha value is -1.15. The van der Waals surface area contributed by atoms with Gasteiger partial charge in [-0.3, -0.25) is 0 Å². The fraction of sp³-hybridized carbons (Fsp3) is 0.600. The van der Waals surface area contributed by atoms with Gasteiger partial charge >= 0.3 is 6.18 Å². The Morgan fingerprint density at radius 3 is 2.64 bits per heavy atom. The summed E-state index contributed by atoms with van der Waals surface area (Å²) in [5.74, 6) is 0. The summed E-state index contributed by atoms with van der Waals surface area (Å²) in [6, 6.07) is 4.58. The van der Waals surface area contributed by atoms with Crippen molar-refractivity contribution in [2.24, 2.45) is 0 Å². The van der Waals surface area contributed by atoms with Crippen molar-refractivity contribution in [3.8, 4) is 0 Å². The number of likely N-dealkylation sites (N-methyl/N-ethyl adjacent to an activating group) is 1. The van der Waals surface area contributed by atoms with Gasteiger partial charge in [-0.05, 0) is 24.7 Å². The number of rotatable bonds is 5. The smallest absolute Gasteiger partial charge is 0.387 e. The first-order chi connectivity index (χ1) is 10.4. The van der Waals surface area contributed by atoms with Crippen molar-refractivity contribution >= 4 is 0 Å². The number of aliphatic hydroxyl groups excluding tert-OH is 1. The minimum Gasteiger partial charge on any atom is -0.387 e. The number of morpholine rings is 1. The zero-order chi connectivity index (χ0) is 16.2. The van der Waals surface area contributed by atoms with Gasteiger partial charge in [0.2, 0.25) is 0 Å². The van der Waals surface area contributed by atoms with Crippen LogP contribution in [0.1, 0.15) is 17.2 Å². The van der Waals surface area contributed by atoms with Crippen molar-refractivity contribution in [2.45, 2.75) is 18.4 Å². The summed E-state index contributed by atoms with van der Waals surface area (Å²) in [6.07, 6.45) is -5.13. The maximum atomic E-state index is 12.5. The molecule has 0 saturated carbocycles. The van der Waals surface area contributed by atoms with Gasteiger partial charge in [-0.15, -0.1) is 0 Å². The minimum atomic E-state index is -4.36. The maximum Gasteiger partial charge on any atom is 0.416 e. The molecule has 2 atom stereocenters. The predicted octanol–water partition coefficient (Wildman–Crippen LogP) is 1.66. The molecule has 1 aliphatic heterocycles. The number of hydrogen-bond acceptors (Lipinski definition) is 4. The van der Waals surface area contributed by atoms with Gasteiger partial charge < -0.3 is 20.1 Å². The van der Waals surface area contributed by atoms with E-state index in [0.717, 1.165) is 25.2 Å². The molecule has 1 aromatic rings. The molecule has 4 nitrogen and oxygen atoms in total. The lowest BCUT2D eigenvalue weighted by atomic mass is 10.1. The van der Waals surface area contributed by atoms with Gasteiger partial charge in [-0.2, -0.15) is 13.2 Å². The van der Waals surface area contributed by atoms with Gasteiger partial charge in [-0.1, -0.05) is 12.1 Å². The molecule has 1 fully saturated rings. The molecule has 0 bridgehead atoms. The standard InChI is InChI=1S/C15H21F3N2O2/c1-20-6-7-22-13(10-20)8-19-9-14(21)11-2-4-12(5-3-11)15(16,17)18/h2-5,13-14,19,21H,6-10H2,1H3/t13-,14-/m0/s1. The predicted molar refractivity (Wildman–Crippen MR) is 76.5 cm³/mol. The summed E-state index contributed by atoms with van der Waals surface area (Å²) >= 11 is 0. The van der Waals surface area contributed by atoms with Crippen LogP contribution in [-0.4, -0.2) is 55.9 Å². The van der Waals surface area contributed by atoms with Crippen LogP contribution >= 0.6 is 0 Å². The van der Waals surface area contributed by atoms with Gasteiger partial charge in [0.1, 0.15) is 0 Å². The molecule has 0 spiro atoms. The van der Waals surface area contributed by atoms with Gasteiger partial charge in [0.15, 0.2) is 0 Å². The Balaban J connectivity index is 1.78. The largest absolute Gasteiger partial charge is 0.416 e. The highest BCUT2D eigenvalue weighted by molar-refractivity contribution is 5.26. The molecule has 7 heteroatoms. The van der Waals surface area contributed by atoms with Crippen LogP contribution < -0.4 is 5.32 Å². The number of benzene rings is 1. The molecule has 1 heterocycles. The van der Waals surface area contributed by atoms with E-state index in [4.69, 9.17) is 4.74 Å². The Bertz CT molecular complexity index is 465. The summed E-state index contributed by atoms with van der Waals surface area (Å²) in [7, 11) is 2.02. The van der Waals surface area contributed by atoms with Crippen LogP contribution in [0.25, 0.3) is 0 Å². The Morgan fingerprint density at radius 2 is 2.05 bits per heavy atom. The highest BCUT2D eigenvalue weighted by atomic mass is 19.4. The third kappa shape index (κ3) is 4.95. The second-order valence-corrected chi connectivity index (χ2v) is 5.55. The minimum absolute atomic E-state index is 0.0681. The SMILES string of the molecule is CN1CCO[C@@H](CNC[C@H](O)c2ccc(C(F)(F)F)cc2)C1. The van der Waals surface area contributed by atoms with Crippen molar-refractivity contribution < 1.29 is 23.0 Å². The lowest BCUT2D eigenvalue weighted by molar-refractivity contribution is -0.137. The lowest BCUT2D eigenvalue weighted by Gasteiger charge is -2.30. The Labute approximate surface area is 127 Å². The molecule has 0 unspecified atom stereocenters. The molecule has 0 amide bonds. The van der Waals surface area contributed by atoms with E-state index < -0.39 is 17.8 Å². The summed E-state index contributed by atoms with van der Waals surface area (Å²) < 4.78 is 43.0. The number of aliphatic hydroxyl groups is 1. The molecule has 1 aliphatic rings. The van der Waals surface area contributed by atoms with Crippen molar-refractivity contribution in [3.05, 3.63) is 35.4 Å². The molecule has 22 heavy (non-hydrogen) atoms. The average Bonchev–Trinajstić information content (AvgIpc) is 2.46. The summed E-state index contributed by atoms with van der Waals surface area (Å²) in [6.45, 7) is 3.29.